The fourth-order valence-corrected chi connectivity index (χ4v) is 4.14. The Morgan fingerprint density at radius 1 is 1.36 bits per heavy atom. The Balaban J connectivity index is 1.28. The van der Waals surface area contributed by atoms with Crippen LogP contribution in [0.25, 0.3) is 11.7 Å². The van der Waals surface area contributed by atoms with E-state index in [1.54, 1.807) is 18.4 Å². The third kappa shape index (κ3) is 2.77. The minimum Gasteiger partial charge on any atom is -0.459 e. The van der Waals surface area contributed by atoms with Crippen LogP contribution in [0.2, 0.25) is 0 Å². The Morgan fingerprint density at radius 3 is 3.05 bits per heavy atom. The molecular formula is C15H17N3O3S. The molecule has 2 aliphatic carbocycles. The summed E-state index contributed by atoms with van der Waals surface area (Å²) in [6, 6.07) is 3.88. The number of fused-ring (bicyclic) bond motifs is 2. The molecule has 0 spiro atoms. The van der Waals surface area contributed by atoms with E-state index in [0.717, 1.165) is 12.3 Å². The summed E-state index contributed by atoms with van der Waals surface area (Å²) in [7, 11) is 0. The molecule has 2 heterocycles. The van der Waals surface area contributed by atoms with Crippen LogP contribution in [0.5, 0.6) is 0 Å². The van der Waals surface area contributed by atoms with Gasteiger partial charge in [-0.3, -0.25) is 4.79 Å². The zero-order valence-corrected chi connectivity index (χ0v) is 12.8. The molecule has 0 aromatic carbocycles. The number of nitrogens with zero attached hydrogens (tertiary/aromatic N) is 2. The zero-order valence-electron chi connectivity index (χ0n) is 12.0. The Kier molecular flexibility index (Phi) is 3.65. The lowest BCUT2D eigenvalue weighted by molar-refractivity contribution is -0.119. The highest BCUT2D eigenvalue weighted by molar-refractivity contribution is 7.99. The predicted octanol–water partition coefficient (Wildman–Crippen LogP) is 2.73. The molecule has 0 unspecified atom stereocenters. The number of rotatable bonds is 5. The van der Waals surface area contributed by atoms with Crippen LogP contribution >= 0.6 is 11.8 Å². The minimum absolute atomic E-state index is 0.0419. The molecule has 2 aromatic heterocycles. The van der Waals surface area contributed by atoms with Gasteiger partial charge in [0.1, 0.15) is 0 Å². The molecule has 2 saturated carbocycles. The second-order valence-corrected chi connectivity index (χ2v) is 6.91. The van der Waals surface area contributed by atoms with Crippen LogP contribution in [0.1, 0.15) is 25.7 Å². The van der Waals surface area contributed by atoms with Crippen LogP contribution in [0.4, 0.5) is 0 Å². The van der Waals surface area contributed by atoms with Crippen molar-refractivity contribution in [3.05, 3.63) is 18.4 Å². The lowest BCUT2D eigenvalue weighted by atomic mass is 9.95. The Morgan fingerprint density at radius 2 is 2.32 bits per heavy atom. The van der Waals surface area contributed by atoms with Crippen LogP contribution in [0, 0.1) is 11.8 Å². The second kappa shape index (κ2) is 5.79. The van der Waals surface area contributed by atoms with Crippen LogP contribution < -0.4 is 5.32 Å². The summed E-state index contributed by atoms with van der Waals surface area (Å²) in [4.78, 5) is 12.0. The third-order valence-electron chi connectivity index (χ3n) is 4.55. The number of nitrogens with one attached hydrogen (secondary N) is 1. The molecule has 1 amide bonds. The summed E-state index contributed by atoms with van der Waals surface area (Å²) in [6.45, 7) is 0. The highest BCUT2D eigenvalue weighted by Gasteiger charge is 2.40. The highest BCUT2D eigenvalue weighted by atomic mass is 32.2. The lowest BCUT2D eigenvalue weighted by Gasteiger charge is -2.22. The van der Waals surface area contributed by atoms with Crippen molar-refractivity contribution in [3.63, 3.8) is 0 Å². The number of aromatic nitrogens is 2. The number of hydrogen-bond acceptors (Lipinski definition) is 6. The number of carbonyl (C=O) groups is 1. The van der Waals surface area contributed by atoms with E-state index in [-0.39, 0.29) is 5.91 Å². The smallest absolute Gasteiger partial charge is 0.284 e. The Hall–Kier alpha value is -1.76. The van der Waals surface area contributed by atoms with Gasteiger partial charge >= 0.3 is 0 Å². The van der Waals surface area contributed by atoms with Gasteiger partial charge in [-0.15, -0.1) is 10.2 Å². The molecule has 1 N–H and O–H groups in total. The summed E-state index contributed by atoms with van der Waals surface area (Å²) >= 11 is 1.26. The molecule has 22 heavy (non-hydrogen) atoms. The molecule has 0 saturated heterocycles. The summed E-state index contributed by atoms with van der Waals surface area (Å²) in [5.74, 6) is 2.72. The van der Waals surface area contributed by atoms with E-state index < -0.39 is 0 Å². The van der Waals surface area contributed by atoms with Crippen molar-refractivity contribution < 1.29 is 13.6 Å². The molecule has 2 aliphatic rings. The Labute approximate surface area is 132 Å². The number of furan rings is 1. The van der Waals surface area contributed by atoms with Crippen molar-refractivity contribution in [1.82, 2.24) is 15.5 Å². The first kappa shape index (κ1) is 13.9. The maximum absolute atomic E-state index is 12.0. The van der Waals surface area contributed by atoms with Crippen LogP contribution in [-0.2, 0) is 4.79 Å². The molecule has 7 heteroatoms. The van der Waals surface area contributed by atoms with E-state index in [4.69, 9.17) is 8.83 Å². The maximum atomic E-state index is 12.0. The van der Waals surface area contributed by atoms with E-state index in [0.29, 0.717) is 34.6 Å². The standard InChI is InChI=1S/C15H17N3O3S/c19-13(16-11-7-9-3-4-10(11)6-9)8-22-15-18-17-14(21-15)12-2-1-5-20-12/h1-2,5,9-11H,3-4,6-8H2,(H,16,19)/t9-,10-,11+/m1/s1. The van der Waals surface area contributed by atoms with E-state index in [1.165, 1.54) is 31.0 Å². The lowest BCUT2D eigenvalue weighted by Crippen LogP contribution is -2.39. The topological polar surface area (TPSA) is 81.2 Å². The highest BCUT2D eigenvalue weighted by Crippen LogP contribution is 2.44. The van der Waals surface area contributed by atoms with Crippen LogP contribution in [0.15, 0.2) is 32.5 Å². The summed E-state index contributed by atoms with van der Waals surface area (Å²) in [6.07, 6.45) is 6.58. The SMILES string of the molecule is O=C(CSc1nnc(-c2ccco2)o1)N[C@H]1C[C@@H]2CC[C@@H]1C2. The maximum Gasteiger partial charge on any atom is 0.284 e. The number of thioether (sulfide) groups is 1. The predicted molar refractivity (Wildman–Crippen MR) is 80.1 cm³/mol. The number of carbonyl (C=O) groups excluding carboxylic acids is 1. The molecule has 0 radical (unpaired) electrons. The number of amides is 1. The van der Waals surface area contributed by atoms with Crippen molar-refractivity contribution in [2.75, 3.05) is 5.75 Å². The quantitative estimate of drug-likeness (QED) is 0.853. The van der Waals surface area contributed by atoms with Gasteiger partial charge in [-0.1, -0.05) is 18.2 Å². The van der Waals surface area contributed by atoms with Gasteiger partial charge in [0.2, 0.25) is 5.91 Å². The molecule has 0 aliphatic heterocycles. The summed E-state index contributed by atoms with van der Waals surface area (Å²) in [5, 5.41) is 11.4. The molecule has 3 atom stereocenters. The van der Waals surface area contributed by atoms with Gasteiger partial charge in [-0.05, 0) is 43.2 Å². The fraction of sp³-hybridized carbons (Fsp3) is 0.533. The zero-order chi connectivity index (χ0) is 14.9. The average Bonchev–Trinajstić information content (AvgIpc) is 3.27. The molecule has 4 rings (SSSR count). The second-order valence-electron chi connectivity index (χ2n) is 5.99. The normalized spacial score (nSPS) is 26.5. The van der Waals surface area contributed by atoms with Crippen molar-refractivity contribution in [2.24, 2.45) is 11.8 Å². The first-order valence-corrected chi connectivity index (χ1v) is 8.56. The van der Waals surface area contributed by atoms with Gasteiger partial charge in [-0.25, -0.2) is 0 Å². The fourth-order valence-electron chi connectivity index (χ4n) is 3.57. The van der Waals surface area contributed by atoms with Crippen molar-refractivity contribution >= 4 is 17.7 Å². The largest absolute Gasteiger partial charge is 0.459 e. The molecule has 2 aromatic rings. The molecule has 6 nitrogen and oxygen atoms in total. The van der Waals surface area contributed by atoms with E-state index >= 15 is 0 Å². The summed E-state index contributed by atoms with van der Waals surface area (Å²) in [5.41, 5.74) is 0. The van der Waals surface area contributed by atoms with Gasteiger partial charge in [0.05, 0.1) is 12.0 Å². The van der Waals surface area contributed by atoms with Gasteiger partial charge in [0.15, 0.2) is 5.76 Å². The van der Waals surface area contributed by atoms with Gasteiger partial charge in [-0.2, -0.15) is 0 Å². The molecule has 2 bridgehead atoms. The molecule has 2 fully saturated rings. The first-order chi connectivity index (χ1) is 10.8. The van der Waals surface area contributed by atoms with Crippen LogP contribution in [-0.4, -0.2) is 27.9 Å². The van der Waals surface area contributed by atoms with E-state index in [1.807, 2.05) is 0 Å². The number of hydrogen-bond donors (Lipinski definition) is 1. The summed E-state index contributed by atoms with van der Waals surface area (Å²) < 4.78 is 10.7. The molecule has 116 valence electrons. The van der Waals surface area contributed by atoms with Gasteiger partial charge in [0.25, 0.3) is 11.1 Å². The van der Waals surface area contributed by atoms with Gasteiger partial charge < -0.3 is 14.2 Å². The Bertz CT molecular complexity index is 655. The van der Waals surface area contributed by atoms with Gasteiger partial charge in [0, 0.05) is 6.04 Å². The average molecular weight is 319 g/mol. The van der Waals surface area contributed by atoms with Crippen molar-refractivity contribution in [1.29, 1.82) is 0 Å². The first-order valence-electron chi connectivity index (χ1n) is 7.57. The van der Waals surface area contributed by atoms with E-state index in [9.17, 15) is 4.79 Å². The molecular weight excluding hydrogens is 302 g/mol. The van der Waals surface area contributed by atoms with Crippen molar-refractivity contribution in [3.8, 4) is 11.7 Å². The van der Waals surface area contributed by atoms with Crippen molar-refractivity contribution in [2.45, 2.75) is 36.9 Å². The third-order valence-corrected chi connectivity index (χ3v) is 5.37. The van der Waals surface area contributed by atoms with Crippen LogP contribution in [0.3, 0.4) is 0 Å². The monoisotopic (exact) mass is 319 g/mol. The van der Waals surface area contributed by atoms with E-state index in [2.05, 4.69) is 15.5 Å². The minimum atomic E-state index is 0.0419.